The van der Waals surface area contributed by atoms with E-state index in [0.717, 1.165) is 11.1 Å². The van der Waals surface area contributed by atoms with E-state index in [4.69, 9.17) is 27.9 Å². The highest BCUT2D eigenvalue weighted by Crippen LogP contribution is 2.33. The van der Waals surface area contributed by atoms with E-state index < -0.39 is 18.5 Å². The van der Waals surface area contributed by atoms with Crippen molar-refractivity contribution in [1.82, 2.24) is 0 Å². The monoisotopic (exact) mass is 497 g/mol. The van der Waals surface area contributed by atoms with Gasteiger partial charge in [-0.15, -0.1) is 0 Å². The third-order valence-corrected chi connectivity index (χ3v) is 5.43. The molecule has 9 heteroatoms. The summed E-state index contributed by atoms with van der Waals surface area (Å²) in [6.45, 7) is 1.99. The van der Waals surface area contributed by atoms with Crippen LogP contribution < -0.4 is 10.1 Å². The van der Waals surface area contributed by atoms with Crippen LogP contribution in [-0.4, -0.2) is 23.8 Å². The van der Waals surface area contributed by atoms with Crippen LogP contribution in [0.2, 0.25) is 10.0 Å². The summed E-state index contributed by atoms with van der Waals surface area (Å²) in [6, 6.07) is 13.5. The maximum absolute atomic E-state index is 12.7. The van der Waals surface area contributed by atoms with E-state index in [1.54, 1.807) is 25.1 Å². The molecule has 1 amide bonds. The van der Waals surface area contributed by atoms with Crippen LogP contribution in [0, 0.1) is 6.92 Å². The Labute approximate surface area is 198 Å². The number of phenols is 1. The Morgan fingerprint density at radius 2 is 1.70 bits per heavy atom. The first kappa shape index (κ1) is 24.7. The van der Waals surface area contributed by atoms with E-state index >= 15 is 0 Å². The molecule has 0 saturated carbocycles. The predicted molar refractivity (Wildman–Crippen MR) is 123 cm³/mol. The van der Waals surface area contributed by atoms with Crippen LogP contribution >= 0.6 is 23.2 Å². The maximum Gasteiger partial charge on any atom is 0.393 e. The lowest BCUT2D eigenvalue weighted by atomic mass is 10.1. The predicted octanol–water partition coefficient (Wildman–Crippen LogP) is 6.99. The van der Waals surface area contributed by atoms with Gasteiger partial charge in [0.2, 0.25) is 0 Å². The SMILES string of the molecule is Cc1cc(OCCc2ccc(CC(F)(F)F)cc2)c(NC(=O)c2cc(Cl)ccc2O)cc1Cl. The van der Waals surface area contributed by atoms with Crippen molar-refractivity contribution in [1.29, 1.82) is 0 Å². The fourth-order valence-corrected chi connectivity index (χ4v) is 3.42. The number of amides is 1. The molecule has 0 radical (unpaired) electrons. The summed E-state index contributed by atoms with van der Waals surface area (Å²) in [6.07, 6.45) is -4.78. The molecular formula is C24H20Cl2F3NO3. The van der Waals surface area contributed by atoms with Crippen molar-refractivity contribution in [3.05, 3.63) is 86.9 Å². The number of aromatic hydroxyl groups is 1. The number of halogens is 5. The van der Waals surface area contributed by atoms with Gasteiger partial charge in [0, 0.05) is 16.5 Å². The van der Waals surface area contributed by atoms with Crippen molar-refractivity contribution in [2.75, 3.05) is 11.9 Å². The average Bonchev–Trinajstić information content (AvgIpc) is 2.73. The molecule has 0 bridgehead atoms. The lowest BCUT2D eigenvalue weighted by molar-refractivity contribution is -0.127. The van der Waals surface area contributed by atoms with Gasteiger partial charge in [-0.1, -0.05) is 47.5 Å². The molecule has 2 N–H and O–H groups in total. The van der Waals surface area contributed by atoms with Crippen LogP contribution in [0.1, 0.15) is 27.0 Å². The van der Waals surface area contributed by atoms with Crippen LogP contribution in [0.25, 0.3) is 0 Å². The molecule has 174 valence electrons. The Bertz CT molecular complexity index is 1150. The van der Waals surface area contributed by atoms with Crippen molar-refractivity contribution in [2.45, 2.75) is 25.9 Å². The zero-order chi connectivity index (χ0) is 24.2. The molecule has 0 aromatic heterocycles. The zero-order valence-electron chi connectivity index (χ0n) is 17.5. The van der Waals surface area contributed by atoms with E-state index in [1.165, 1.54) is 36.4 Å². The quantitative estimate of drug-likeness (QED) is 0.369. The maximum atomic E-state index is 12.7. The second-order valence-corrected chi connectivity index (χ2v) is 8.26. The number of alkyl halides is 3. The first-order valence-electron chi connectivity index (χ1n) is 9.89. The van der Waals surface area contributed by atoms with Crippen LogP contribution in [0.4, 0.5) is 18.9 Å². The molecule has 3 rings (SSSR count). The van der Waals surface area contributed by atoms with Gasteiger partial charge in [-0.3, -0.25) is 4.79 Å². The van der Waals surface area contributed by atoms with Gasteiger partial charge in [0.25, 0.3) is 5.91 Å². The van der Waals surface area contributed by atoms with Gasteiger partial charge < -0.3 is 15.2 Å². The number of carbonyl (C=O) groups excluding carboxylic acids is 1. The van der Waals surface area contributed by atoms with Gasteiger partial charge in [-0.2, -0.15) is 13.2 Å². The third-order valence-electron chi connectivity index (χ3n) is 4.79. The smallest absolute Gasteiger partial charge is 0.393 e. The summed E-state index contributed by atoms with van der Waals surface area (Å²) in [7, 11) is 0. The summed E-state index contributed by atoms with van der Waals surface area (Å²) < 4.78 is 43.3. The van der Waals surface area contributed by atoms with Crippen LogP contribution in [0.15, 0.2) is 54.6 Å². The summed E-state index contributed by atoms with van der Waals surface area (Å²) in [5.74, 6) is -0.466. The highest BCUT2D eigenvalue weighted by atomic mass is 35.5. The average molecular weight is 498 g/mol. The molecule has 0 spiro atoms. The van der Waals surface area contributed by atoms with Crippen molar-refractivity contribution >= 4 is 34.8 Å². The van der Waals surface area contributed by atoms with Crippen molar-refractivity contribution in [3.8, 4) is 11.5 Å². The molecule has 0 heterocycles. The van der Waals surface area contributed by atoms with Gasteiger partial charge in [-0.05, 0) is 53.9 Å². The number of aryl methyl sites for hydroxylation is 1. The largest absolute Gasteiger partial charge is 0.507 e. The van der Waals surface area contributed by atoms with Crippen molar-refractivity contribution in [3.63, 3.8) is 0 Å². The number of nitrogens with one attached hydrogen (secondary N) is 1. The normalized spacial score (nSPS) is 11.3. The van der Waals surface area contributed by atoms with Gasteiger partial charge in [0.1, 0.15) is 11.5 Å². The summed E-state index contributed by atoms with van der Waals surface area (Å²) in [5, 5.41) is 13.3. The lowest BCUT2D eigenvalue weighted by Gasteiger charge is -2.15. The highest BCUT2D eigenvalue weighted by molar-refractivity contribution is 6.32. The summed E-state index contributed by atoms with van der Waals surface area (Å²) >= 11 is 12.1. The van der Waals surface area contributed by atoms with E-state index in [-0.39, 0.29) is 28.5 Å². The highest BCUT2D eigenvalue weighted by Gasteiger charge is 2.27. The molecular weight excluding hydrogens is 478 g/mol. The zero-order valence-corrected chi connectivity index (χ0v) is 19.0. The molecule has 0 aliphatic carbocycles. The fourth-order valence-electron chi connectivity index (χ4n) is 3.09. The second kappa shape index (κ2) is 10.4. The Morgan fingerprint density at radius 1 is 1.03 bits per heavy atom. The molecule has 0 fully saturated rings. The van der Waals surface area contributed by atoms with Gasteiger partial charge in [0.15, 0.2) is 0 Å². The summed E-state index contributed by atoms with van der Waals surface area (Å²) in [4.78, 5) is 12.7. The number of benzene rings is 3. The molecule has 0 aliphatic heterocycles. The molecule has 0 aliphatic rings. The molecule has 0 atom stereocenters. The van der Waals surface area contributed by atoms with E-state index in [0.29, 0.717) is 22.9 Å². The Balaban J connectivity index is 1.70. The molecule has 0 saturated heterocycles. The third kappa shape index (κ3) is 7.04. The number of ether oxygens (including phenoxy) is 1. The minimum Gasteiger partial charge on any atom is -0.507 e. The van der Waals surface area contributed by atoms with Gasteiger partial charge in [0.05, 0.1) is 24.3 Å². The van der Waals surface area contributed by atoms with E-state index in [2.05, 4.69) is 5.32 Å². The van der Waals surface area contributed by atoms with Crippen LogP contribution in [0.5, 0.6) is 11.5 Å². The minimum absolute atomic E-state index is 0.0101. The molecule has 4 nitrogen and oxygen atoms in total. The van der Waals surface area contributed by atoms with Crippen molar-refractivity contribution < 1.29 is 27.8 Å². The molecule has 33 heavy (non-hydrogen) atoms. The van der Waals surface area contributed by atoms with Gasteiger partial charge in [-0.25, -0.2) is 0 Å². The number of phenolic OH excluding ortho intramolecular Hbond substituents is 1. The van der Waals surface area contributed by atoms with Crippen molar-refractivity contribution in [2.24, 2.45) is 0 Å². The first-order chi connectivity index (χ1) is 15.5. The second-order valence-electron chi connectivity index (χ2n) is 7.42. The van der Waals surface area contributed by atoms with E-state index in [1.807, 2.05) is 0 Å². The Morgan fingerprint density at radius 3 is 2.36 bits per heavy atom. The Kier molecular flexibility index (Phi) is 7.76. The summed E-state index contributed by atoms with van der Waals surface area (Å²) in [5.41, 5.74) is 2.02. The standard InChI is InChI=1S/C24H20Cl2F3NO3/c1-14-10-22(33-9-8-15-2-4-16(5-3-15)13-24(27,28)29)20(12-19(14)26)30-23(32)18-11-17(25)6-7-21(18)31/h2-7,10-12,31H,8-9,13H2,1H3,(H,30,32). The first-order valence-corrected chi connectivity index (χ1v) is 10.6. The number of carbonyl (C=O) groups is 1. The van der Waals surface area contributed by atoms with Gasteiger partial charge >= 0.3 is 6.18 Å². The van der Waals surface area contributed by atoms with Crippen LogP contribution in [-0.2, 0) is 12.8 Å². The molecule has 0 unspecified atom stereocenters. The lowest BCUT2D eigenvalue weighted by Crippen LogP contribution is -2.14. The van der Waals surface area contributed by atoms with Crippen LogP contribution in [0.3, 0.4) is 0 Å². The topological polar surface area (TPSA) is 58.6 Å². The Hall–Kier alpha value is -2.90. The number of rotatable bonds is 7. The molecule has 3 aromatic rings. The molecule has 3 aromatic carbocycles. The number of hydrogen-bond donors (Lipinski definition) is 2. The minimum atomic E-state index is -4.25. The number of hydrogen-bond acceptors (Lipinski definition) is 3. The fraction of sp³-hybridized carbons (Fsp3) is 0.208. The van der Waals surface area contributed by atoms with E-state index in [9.17, 15) is 23.1 Å². The number of anilines is 1.